The van der Waals surface area contributed by atoms with Gasteiger partial charge in [-0.05, 0) is 54.2 Å². The largest absolute Gasteiger partial charge is 0.506 e. The summed E-state index contributed by atoms with van der Waals surface area (Å²) in [4.78, 5) is 26.2. The number of thiocarbonyl (C=S) groups is 1. The van der Waals surface area contributed by atoms with Crippen molar-refractivity contribution in [2.75, 3.05) is 10.6 Å². The molecule has 2 amide bonds. The van der Waals surface area contributed by atoms with Crippen molar-refractivity contribution in [1.82, 2.24) is 5.32 Å². The molecular formula is C17H11Cl2N3O3S. The van der Waals surface area contributed by atoms with Crippen LogP contribution in [0.2, 0.25) is 10.0 Å². The fraction of sp³-hybridized carbons (Fsp3) is 0. The molecule has 1 heterocycles. The normalized spacial score (nSPS) is 16.2. The van der Waals surface area contributed by atoms with Gasteiger partial charge in [0.25, 0.3) is 11.8 Å². The Labute approximate surface area is 163 Å². The fourth-order valence-electron chi connectivity index (χ4n) is 2.37. The van der Waals surface area contributed by atoms with Gasteiger partial charge in [0.2, 0.25) is 0 Å². The van der Waals surface area contributed by atoms with Crippen LogP contribution < -0.4 is 16.0 Å². The van der Waals surface area contributed by atoms with Crippen LogP contribution >= 0.6 is 35.4 Å². The zero-order chi connectivity index (χ0) is 19.0. The lowest BCUT2D eigenvalue weighted by Crippen LogP contribution is -2.54. The first kappa shape index (κ1) is 18.2. The van der Waals surface area contributed by atoms with Gasteiger partial charge in [0.05, 0.1) is 16.4 Å². The number of hydrogen-bond acceptors (Lipinski definition) is 5. The minimum Gasteiger partial charge on any atom is -0.506 e. The first-order chi connectivity index (χ1) is 12.3. The van der Waals surface area contributed by atoms with E-state index in [9.17, 15) is 14.7 Å². The predicted octanol–water partition coefficient (Wildman–Crippen LogP) is 3.11. The number of phenolic OH excluding ortho intramolecular Hbond substituents is 1. The second-order valence-corrected chi connectivity index (χ2v) is 6.60. The number of carbonyl (C=O) groups is 2. The van der Waals surface area contributed by atoms with Gasteiger partial charge in [0, 0.05) is 5.02 Å². The minimum atomic E-state index is -0.645. The van der Waals surface area contributed by atoms with Crippen LogP contribution in [-0.2, 0) is 9.59 Å². The summed E-state index contributed by atoms with van der Waals surface area (Å²) in [7, 11) is 0. The molecule has 2 aromatic carbocycles. The zero-order valence-electron chi connectivity index (χ0n) is 13.0. The van der Waals surface area contributed by atoms with E-state index < -0.39 is 11.8 Å². The summed E-state index contributed by atoms with van der Waals surface area (Å²) in [6.07, 6.45) is 1.35. The molecule has 0 radical (unpaired) electrons. The molecule has 1 fully saturated rings. The summed E-state index contributed by atoms with van der Waals surface area (Å²) in [6, 6.07) is 8.88. The SMILES string of the molecule is Nc1cc(/C=C2\C(=O)NC(=S)N(c3ccc(Cl)cc3Cl)C2=O)ccc1O. The Balaban J connectivity index is 2.05. The number of nitrogens with one attached hydrogen (secondary N) is 1. The van der Waals surface area contributed by atoms with Crippen LogP contribution in [0.3, 0.4) is 0 Å². The van der Waals surface area contributed by atoms with Gasteiger partial charge in [-0.1, -0.05) is 29.3 Å². The van der Waals surface area contributed by atoms with Crippen LogP contribution in [0.4, 0.5) is 11.4 Å². The number of phenols is 1. The highest BCUT2D eigenvalue weighted by Crippen LogP contribution is 2.31. The van der Waals surface area contributed by atoms with Gasteiger partial charge in [-0.3, -0.25) is 19.8 Å². The summed E-state index contributed by atoms with van der Waals surface area (Å²) in [5.74, 6) is -1.38. The van der Waals surface area contributed by atoms with E-state index in [0.29, 0.717) is 16.3 Å². The topological polar surface area (TPSA) is 95.7 Å². The number of anilines is 2. The molecule has 0 spiro atoms. The summed E-state index contributed by atoms with van der Waals surface area (Å²) >= 11 is 17.2. The first-order valence-electron chi connectivity index (χ1n) is 7.23. The Bertz CT molecular complexity index is 991. The molecule has 132 valence electrons. The second-order valence-electron chi connectivity index (χ2n) is 5.37. The lowest BCUT2D eigenvalue weighted by Gasteiger charge is -2.29. The van der Waals surface area contributed by atoms with Crippen molar-refractivity contribution in [3.8, 4) is 5.75 Å². The molecule has 1 aliphatic rings. The molecule has 0 unspecified atom stereocenters. The predicted molar refractivity (Wildman–Crippen MR) is 105 cm³/mol. The van der Waals surface area contributed by atoms with Crippen molar-refractivity contribution in [1.29, 1.82) is 0 Å². The maximum absolute atomic E-state index is 12.9. The highest BCUT2D eigenvalue weighted by Gasteiger charge is 2.35. The molecule has 0 aliphatic carbocycles. The van der Waals surface area contributed by atoms with Crippen molar-refractivity contribution in [2.45, 2.75) is 0 Å². The van der Waals surface area contributed by atoms with Crippen LogP contribution in [0.25, 0.3) is 6.08 Å². The maximum atomic E-state index is 12.9. The molecule has 6 nitrogen and oxygen atoms in total. The highest BCUT2D eigenvalue weighted by molar-refractivity contribution is 7.80. The highest BCUT2D eigenvalue weighted by atomic mass is 35.5. The molecule has 1 aliphatic heterocycles. The van der Waals surface area contributed by atoms with Crippen LogP contribution in [0.5, 0.6) is 5.75 Å². The van der Waals surface area contributed by atoms with Crippen LogP contribution in [-0.4, -0.2) is 22.0 Å². The van der Waals surface area contributed by atoms with Gasteiger partial charge < -0.3 is 10.8 Å². The molecule has 1 saturated heterocycles. The third-order valence-corrected chi connectivity index (χ3v) is 4.44. The van der Waals surface area contributed by atoms with E-state index in [2.05, 4.69) is 5.32 Å². The molecule has 2 aromatic rings. The lowest BCUT2D eigenvalue weighted by atomic mass is 10.1. The van der Waals surface area contributed by atoms with E-state index in [0.717, 1.165) is 4.90 Å². The number of nitrogen functional groups attached to an aromatic ring is 1. The van der Waals surface area contributed by atoms with Crippen molar-refractivity contribution in [2.24, 2.45) is 0 Å². The number of aromatic hydroxyl groups is 1. The van der Waals surface area contributed by atoms with E-state index in [1.165, 1.54) is 36.4 Å². The molecule has 0 saturated carbocycles. The van der Waals surface area contributed by atoms with E-state index in [1.54, 1.807) is 6.07 Å². The van der Waals surface area contributed by atoms with Gasteiger partial charge in [0.1, 0.15) is 11.3 Å². The molecule has 0 atom stereocenters. The van der Waals surface area contributed by atoms with E-state index >= 15 is 0 Å². The summed E-state index contributed by atoms with van der Waals surface area (Å²) in [5.41, 5.74) is 6.37. The molecule has 26 heavy (non-hydrogen) atoms. The fourth-order valence-corrected chi connectivity index (χ4v) is 3.14. The number of halogens is 2. The average Bonchev–Trinajstić information content (AvgIpc) is 2.56. The Hall–Kier alpha value is -2.61. The van der Waals surface area contributed by atoms with Gasteiger partial charge in [-0.25, -0.2) is 0 Å². The smallest absolute Gasteiger partial charge is 0.270 e. The monoisotopic (exact) mass is 407 g/mol. The number of hydrogen-bond donors (Lipinski definition) is 3. The molecular weight excluding hydrogens is 397 g/mol. The van der Waals surface area contributed by atoms with E-state index in [4.69, 9.17) is 41.2 Å². The number of rotatable bonds is 2. The van der Waals surface area contributed by atoms with Crippen LogP contribution in [0.15, 0.2) is 42.0 Å². The van der Waals surface area contributed by atoms with Gasteiger partial charge in [0.15, 0.2) is 5.11 Å². The number of nitrogens with two attached hydrogens (primary N) is 1. The third-order valence-electron chi connectivity index (χ3n) is 3.61. The van der Waals surface area contributed by atoms with Gasteiger partial charge in [-0.2, -0.15) is 0 Å². The van der Waals surface area contributed by atoms with E-state index in [-0.39, 0.29) is 27.1 Å². The lowest BCUT2D eigenvalue weighted by molar-refractivity contribution is -0.122. The third kappa shape index (κ3) is 3.37. The van der Waals surface area contributed by atoms with Gasteiger partial charge in [-0.15, -0.1) is 0 Å². The van der Waals surface area contributed by atoms with Gasteiger partial charge >= 0.3 is 0 Å². The maximum Gasteiger partial charge on any atom is 0.270 e. The number of amides is 2. The summed E-state index contributed by atoms with van der Waals surface area (Å²) < 4.78 is 0. The molecule has 3 rings (SSSR count). The summed E-state index contributed by atoms with van der Waals surface area (Å²) in [6.45, 7) is 0. The van der Waals surface area contributed by atoms with Crippen LogP contribution in [0, 0.1) is 0 Å². The standard InChI is InChI=1S/C17H11Cl2N3O3S/c18-9-2-3-13(11(19)7-9)22-16(25)10(15(24)21-17(22)26)5-8-1-4-14(23)12(20)6-8/h1-7,23H,20H2,(H,21,24,26)/b10-5+. The summed E-state index contributed by atoms with van der Waals surface area (Å²) in [5, 5.41) is 12.5. The second kappa shape index (κ2) is 6.95. The average molecular weight is 408 g/mol. The van der Waals surface area contributed by atoms with Crippen molar-refractivity contribution < 1.29 is 14.7 Å². The molecule has 0 bridgehead atoms. The van der Waals surface area contributed by atoms with Crippen molar-refractivity contribution in [3.05, 3.63) is 57.6 Å². The van der Waals surface area contributed by atoms with Crippen LogP contribution in [0.1, 0.15) is 5.56 Å². The van der Waals surface area contributed by atoms with Crippen molar-refractivity contribution >= 4 is 69.8 Å². The molecule has 9 heteroatoms. The first-order valence-corrected chi connectivity index (χ1v) is 8.39. The number of carbonyl (C=O) groups excluding carboxylic acids is 2. The Morgan fingerprint density at radius 1 is 1.15 bits per heavy atom. The number of benzene rings is 2. The Morgan fingerprint density at radius 2 is 1.88 bits per heavy atom. The quantitative estimate of drug-likeness (QED) is 0.233. The number of nitrogens with zero attached hydrogens (tertiary/aromatic N) is 1. The molecule has 0 aromatic heterocycles. The van der Waals surface area contributed by atoms with E-state index in [1.807, 2.05) is 0 Å². The van der Waals surface area contributed by atoms with Crippen molar-refractivity contribution in [3.63, 3.8) is 0 Å². The Kier molecular flexibility index (Phi) is 4.86. The zero-order valence-corrected chi connectivity index (χ0v) is 15.3. The minimum absolute atomic E-state index is 0.0911. The molecule has 4 N–H and O–H groups in total. The Morgan fingerprint density at radius 3 is 2.54 bits per heavy atom.